The summed E-state index contributed by atoms with van der Waals surface area (Å²) >= 11 is 6.10. The predicted molar refractivity (Wildman–Crippen MR) is 103 cm³/mol. The summed E-state index contributed by atoms with van der Waals surface area (Å²) in [5, 5.41) is 6.94. The number of halogens is 2. The summed E-state index contributed by atoms with van der Waals surface area (Å²) < 4.78 is 0. The Balaban J connectivity index is 0.00000441. The van der Waals surface area contributed by atoms with Gasteiger partial charge in [0.25, 0.3) is 0 Å². The fourth-order valence-corrected chi connectivity index (χ4v) is 1.72. The molecule has 4 N–H and O–H groups in total. The summed E-state index contributed by atoms with van der Waals surface area (Å²) in [5.74, 6) is 0.281. The molecule has 0 aliphatic carbocycles. The van der Waals surface area contributed by atoms with Gasteiger partial charge in [-0.3, -0.25) is 4.79 Å². The molecule has 1 rings (SSSR count). The Bertz CT molecular complexity index is 520. The first-order valence-electron chi connectivity index (χ1n) is 6.92. The summed E-state index contributed by atoms with van der Waals surface area (Å²) in [4.78, 5) is 15.8. The number of carbonyl (C=O) groups excluding carboxylic acids is 1. The van der Waals surface area contributed by atoms with Crippen molar-refractivity contribution in [1.29, 1.82) is 0 Å². The van der Waals surface area contributed by atoms with Gasteiger partial charge in [-0.05, 0) is 32.4 Å². The summed E-state index contributed by atoms with van der Waals surface area (Å²) in [7, 11) is 0. The van der Waals surface area contributed by atoms with Crippen molar-refractivity contribution >= 4 is 47.4 Å². The Morgan fingerprint density at radius 2 is 1.95 bits per heavy atom. The van der Waals surface area contributed by atoms with Crippen LogP contribution in [0.1, 0.15) is 26.3 Å². The number of rotatable bonds is 6. The topological polar surface area (TPSA) is 79.5 Å². The molecule has 0 saturated heterocycles. The van der Waals surface area contributed by atoms with E-state index < -0.39 is 5.41 Å². The number of hydrogen-bond acceptors (Lipinski definition) is 2. The minimum atomic E-state index is -0.638. The van der Waals surface area contributed by atoms with Crippen LogP contribution in [0.5, 0.6) is 0 Å². The summed E-state index contributed by atoms with van der Waals surface area (Å²) in [6, 6.07) is 7.58. The Kier molecular flexibility index (Phi) is 9.43. The lowest BCUT2D eigenvalue weighted by molar-refractivity contribution is -0.125. The molecule has 5 nitrogen and oxygen atoms in total. The highest BCUT2D eigenvalue weighted by Gasteiger charge is 2.24. The zero-order valence-corrected chi connectivity index (χ0v) is 16.2. The van der Waals surface area contributed by atoms with Crippen LogP contribution in [0.15, 0.2) is 29.3 Å². The molecule has 0 atom stereocenters. The quantitative estimate of drug-likeness (QED) is 0.363. The van der Waals surface area contributed by atoms with E-state index in [-0.39, 0.29) is 29.9 Å². The fraction of sp³-hybridized carbons (Fsp3) is 0.467. The number of guanidine groups is 1. The van der Waals surface area contributed by atoms with Crippen LogP contribution >= 0.6 is 35.6 Å². The number of carbonyl (C=O) groups is 1. The van der Waals surface area contributed by atoms with Crippen LogP contribution in [0.2, 0.25) is 5.02 Å². The Morgan fingerprint density at radius 1 is 1.32 bits per heavy atom. The van der Waals surface area contributed by atoms with E-state index >= 15 is 0 Å². The molecule has 0 heterocycles. The second kappa shape index (κ2) is 9.89. The van der Waals surface area contributed by atoms with Crippen LogP contribution in [-0.2, 0) is 11.3 Å². The van der Waals surface area contributed by atoms with Gasteiger partial charge in [-0.25, -0.2) is 4.99 Å². The number of benzene rings is 1. The van der Waals surface area contributed by atoms with Gasteiger partial charge >= 0.3 is 0 Å². The number of nitrogens with zero attached hydrogens (tertiary/aromatic N) is 1. The van der Waals surface area contributed by atoms with Gasteiger partial charge in [-0.2, -0.15) is 0 Å². The first-order chi connectivity index (χ1) is 9.86. The minimum Gasteiger partial charge on any atom is -0.369 e. The number of hydrogen-bond donors (Lipinski definition) is 3. The normalized spacial score (nSPS) is 11.5. The lowest BCUT2D eigenvalue weighted by Gasteiger charge is -2.22. The number of aliphatic imine (C=N–C) groups is 1. The van der Waals surface area contributed by atoms with Crippen molar-refractivity contribution in [2.75, 3.05) is 13.1 Å². The molecular weight excluding hydrogens is 415 g/mol. The molecule has 1 aromatic rings. The third-order valence-corrected chi connectivity index (χ3v) is 3.44. The zero-order valence-electron chi connectivity index (χ0n) is 13.1. The van der Waals surface area contributed by atoms with Gasteiger partial charge in [0.15, 0.2) is 5.96 Å². The second-order valence-corrected chi connectivity index (χ2v) is 5.80. The summed E-state index contributed by atoms with van der Waals surface area (Å²) in [6.07, 6.45) is 0. The van der Waals surface area contributed by atoms with E-state index in [2.05, 4.69) is 15.6 Å². The molecule has 0 radical (unpaired) electrons. The van der Waals surface area contributed by atoms with Gasteiger partial charge in [0.2, 0.25) is 5.91 Å². The molecular formula is C15H24ClIN4O. The third-order valence-electron chi connectivity index (χ3n) is 3.07. The van der Waals surface area contributed by atoms with Crippen molar-refractivity contribution in [3.8, 4) is 0 Å². The molecule has 7 heteroatoms. The van der Waals surface area contributed by atoms with E-state index in [1.54, 1.807) is 13.8 Å². The molecule has 124 valence electrons. The Labute approximate surface area is 154 Å². The number of primary amides is 1. The van der Waals surface area contributed by atoms with Gasteiger partial charge in [0, 0.05) is 18.1 Å². The monoisotopic (exact) mass is 438 g/mol. The average Bonchev–Trinajstić information content (AvgIpc) is 2.43. The van der Waals surface area contributed by atoms with Gasteiger partial charge in [0.1, 0.15) is 0 Å². The van der Waals surface area contributed by atoms with Crippen LogP contribution < -0.4 is 16.4 Å². The van der Waals surface area contributed by atoms with E-state index in [0.29, 0.717) is 24.1 Å². The molecule has 0 unspecified atom stereocenters. The molecule has 0 bridgehead atoms. The maximum absolute atomic E-state index is 11.3. The highest BCUT2D eigenvalue weighted by atomic mass is 127. The second-order valence-electron chi connectivity index (χ2n) is 5.39. The average molecular weight is 439 g/mol. The predicted octanol–water partition coefficient (Wildman–Crippen LogP) is 2.52. The van der Waals surface area contributed by atoms with E-state index in [1.165, 1.54) is 0 Å². The maximum Gasteiger partial charge on any atom is 0.224 e. The zero-order chi connectivity index (χ0) is 15.9. The smallest absolute Gasteiger partial charge is 0.224 e. The SMILES string of the molecule is CCNC(=NCc1ccccc1Cl)NCC(C)(C)C(N)=O.I. The molecule has 0 aromatic heterocycles. The van der Waals surface area contributed by atoms with Crippen molar-refractivity contribution in [1.82, 2.24) is 10.6 Å². The maximum atomic E-state index is 11.3. The molecule has 0 aliphatic heterocycles. The minimum absolute atomic E-state index is 0. The molecule has 0 fully saturated rings. The number of amides is 1. The Morgan fingerprint density at radius 3 is 2.50 bits per heavy atom. The molecule has 0 spiro atoms. The van der Waals surface area contributed by atoms with E-state index in [0.717, 1.165) is 12.1 Å². The van der Waals surface area contributed by atoms with Gasteiger partial charge in [0.05, 0.1) is 12.0 Å². The molecule has 0 aliphatic rings. The van der Waals surface area contributed by atoms with Crippen LogP contribution in [0, 0.1) is 5.41 Å². The largest absolute Gasteiger partial charge is 0.369 e. The molecule has 0 saturated carbocycles. The van der Waals surface area contributed by atoms with Gasteiger partial charge < -0.3 is 16.4 Å². The van der Waals surface area contributed by atoms with Crippen molar-refractivity contribution < 1.29 is 4.79 Å². The first kappa shape index (κ1) is 21.0. The summed E-state index contributed by atoms with van der Waals surface area (Å²) in [6.45, 7) is 7.17. The highest BCUT2D eigenvalue weighted by molar-refractivity contribution is 14.0. The van der Waals surface area contributed by atoms with Crippen LogP contribution in [0.25, 0.3) is 0 Å². The van der Waals surface area contributed by atoms with E-state index in [4.69, 9.17) is 17.3 Å². The van der Waals surface area contributed by atoms with Gasteiger partial charge in [-0.1, -0.05) is 29.8 Å². The van der Waals surface area contributed by atoms with Crippen molar-refractivity contribution in [3.05, 3.63) is 34.9 Å². The fourth-order valence-electron chi connectivity index (χ4n) is 1.52. The van der Waals surface area contributed by atoms with Crippen LogP contribution in [0.4, 0.5) is 0 Å². The number of nitrogens with one attached hydrogen (secondary N) is 2. The lowest BCUT2D eigenvalue weighted by Crippen LogP contribution is -2.46. The van der Waals surface area contributed by atoms with Crippen LogP contribution in [-0.4, -0.2) is 25.0 Å². The van der Waals surface area contributed by atoms with E-state index in [1.807, 2.05) is 31.2 Å². The highest BCUT2D eigenvalue weighted by Crippen LogP contribution is 2.15. The van der Waals surface area contributed by atoms with E-state index in [9.17, 15) is 4.79 Å². The van der Waals surface area contributed by atoms with Gasteiger partial charge in [-0.15, -0.1) is 24.0 Å². The molecule has 1 amide bonds. The number of nitrogens with two attached hydrogens (primary N) is 1. The Hall–Kier alpha value is -1.02. The molecule has 1 aromatic carbocycles. The lowest BCUT2D eigenvalue weighted by atomic mass is 9.93. The van der Waals surface area contributed by atoms with Crippen molar-refractivity contribution in [2.24, 2.45) is 16.1 Å². The first-order valence-corrected chi connectivity index (χ1v) is 7.30. The van der Waals surface area contributed by atoms with Crippen molar-refractivity contribution in [3.63, 3.8) is 0 Å². The third kappa shape index (κ3) is 6.83. The summed E-state index contributed by atoms with van der Waals surface area (Å²) in [5.41, 5.74) is 5.67. The standard InChI is InChI=1S/C15H23ClN4O.HI/c1-4-18-14(20-10-15(2,3)13(17)21)19-9-11-7-5-6-8-12(11)16;/h5-8H,4,9-10H2,1-3H3,(H2,17,21)(H2,18,19,20);1H. The van der Waals surface area contributed by atoms with Crippen LogP contribution in [0.3, 0.4) is 0 Å². The van der Waals surface area contributed by atoms with Crippen molar-refractivity contribution in [2.45, 2.75) is 27.3 Å². The molecule has 22 heavy (non-hydrogen) atoms.